The van der Waals surface area contributed by atoms with E-state index < -0.39 is 10.0 Å². The SMILES string of the molecule is CN(C)S(=O)(=O)C[C@@H]1COC[C@H]1NC(=O)c1cccc2c1CCC2=O. The van der Waals surface area contributed by atoms with Crippen LogP contribution in [-0.4, -0.2) is 63.5 Å². The predicted molar refractivity (Wildman–Crippen MR) is 92.1 cm³/mol. The van der Waals surface area contributed by atoms with Crippen LogP contribution in [0.1, 0.15) is 32.7 Å². The molecule has 0 spiro atoms. The molecule has 7 nitrogen and oxygen atoms in total. The van der Waals surface area contributed by atoms with E-state index in [0.29, 0.717) is 30.6 Å². The fourth-order valence-corrected chi connectivity index (χ4v) is 4.46. The van der Waals surface area contributed by atoms with Crippen LogP contribution in [0, 0.1) is 5.92 Å². The molecule has 1 fully saturated rings. The summed E-state index contributed by atoms with van der Waals surface area (Å²) in [4.78, 5) is 24.5. The van der Waals surface area contributed by atoms with Crippen LogP contribution in [0.15, 0.2) is 18.2 Å². The largest absolute Gasteiger partial charge is 0.379 e. The van der Waals surface area contributed by atoms with Crippen molar-refractivity contribution in [2.75, 3.05) is 33.1 Å². The number of nitrogens with zero attached hydrogens (tertiary/aromatic N) is 1. The Bertz CT molecular complexity index is 803. The molecule has 1 N–H and O–H groups in total. The average molecular weight is 366 g/mol. The second-order valence-corrected chi connectivity index (χ2v) is 8.92. The lowest BCUT2D eigenvalue weighted by Crippen LogP contribution is -2.43. The minimum Gasteiger partial charge on any atom is -0.379 e. The Morgan fingerprint density at radius 2 is 2.04 bits per heavy atom. The molecule has 0 saturated carbocycles. The van der Waals surface area contributed by atoms with E-state index in [-0.39, 0.29) is 36.0 Å². The van der Waals surface area contributed by atoms with Crippen LogP contribution in [0.2, 0.25) is 0 Å². The Balaban J connectivity index is 1.74. The topological polar surface area (TPSA) is 92.8 Å². The smallest absolute Gasteiger partial charge is 0.251 e. The third-order valence-corrected chi connectivity index (χ3v) is 6.78. The van der Waals surface area contributed by atoms with Gasteiger partial charge in [-0.05, 0) is 18.1 Å². The number of fused-ring (bicyclic) bond motifs is 1. The molecule has 25 heavy (non-hydrogen) atoms. The van der Waals surface area contributed by atoms with Gasteiger partial charge in [0.25, 0.3) is 5.91 Å². The molecule has 1 amide bonds. The lowest BCUT2D eigenvalue weighted by molar-refractivity contribution is 0.0924. The zero-order valence-corrected chi connectivity index (χ0v) is 15.1. The van der Waals surface area contributed by atoms with Crippen molar-refractivity contribution < 1.29 is 22.7 Å². The highest BCUT2D eigenvalue weighted by atomic mass is 32.2. The molecule has 0 radical (unpaired) electrons. The van der Waals surface area contributed by atoms with Crippen molar-refractivity contribution in [2.45, 2.75) is 18.9 Å². The van der Waals surface area contributed by atoms with Crippen molar-refractivity contribution in [3.63, 3.8) is 0 Å². The van der Waals surface area contributed by atoms with Crippen LogP contribution in [0.4, 0.5) is 0 Å². The lowest BCUT2D eigenvalue weighted by atomic mass is 10.0. The molecule has 1 aromatic carbocycles. The molecule has 0 unspecified atom stereocenters. The molecular formula is C17H22N2O5S. The molecule has 3 rings (SSSR count). The molecule has 8 heteroatoms. The second kappa shape index (κ2) is 6.86. The summed E-state index contributed by atoms with van der Waals surface area (Å²) in [5, 5.41) is 2.89. The van der Waals surface area contributed by atoms with Crippen LogP contribution in [0.25, 0.3) is 0 Å². The van der Waals surface area contributed by atoms with Crippen LogP contribution in [-0.2, 0) is 21.2 Å². The monoisotopic (exact) mass is 366 g/mol. The Kier molecular flexibility index (Phi) is 4.95. The predicted octanol–water partition coefficient (Wildman–Crippen LogP) is 0.452. The average Bonchev–Trinajstić information content (AvgIpc) is 3.14. The van der Waals surface area contributed by atoms with Gasteiger partial charge in [0.1, 0.15) is 0 Å². The maximum atomic E-state index is 12.7. The second-order valence-electron chi connectivity index (χ2n) is 6.69. The van der Waals surface area contributed by atoms with E-state index in [0.717, 1.165) is 5.56 Å². The molecule has 2 atom stereocenters. The summed E-state index contributed by atoms with van der Waals surface area (Å²) in [6.45, 7) is 0.580. The number of carbonyl (C=O) groups is 2. The molecule has 0 aromatic heterocycles. The van der Waals surface area contributed by atoms with Crippen LogP contribution >= 0.6 is 0 Å². The van der Waals surface area contributed by atoms with Gasteiger partial charge < -0.3 is 10.1 Å². The van der Waals surface area contributed by atoms with E-state index in [2.05, 4.69) is 5.32 Å². The molecule has 1 aromatic rings. The number of Topliss-reactive ketones (excluding diaryl/α,β-unsaturated/α-hetero) is 1. The van der Waals surface area contributed by atoms with E-state index in [9.17, 15) is 18.0 Å². The number of benzene rings is 1. The summed E-state index contributed by atoms with van der Waals surface area (Å²) in [6.07, 6.45) is 0.993. The van der Waals surface area contributed by atoms with Gasteiger partial charge in [-0.15, -0.1) is 0 Å². The number of rotatable bonds is 5. The van der Waals surface area contributed by atoms with Crippen molar-refractivity contribution in [3.8, 4) is 0 Å². The molecule has 0 bridgehead atoms. The fourth-order valence-electron chi connectivity index (χ4n) is 3.29. The zero-order valence-electron chi connectivity index (χ0n) is 14.3. The van der Waals surface area contributed by atoms with Gasteiger partial charge in [0.2, 0.25) is 10.0 Å². The highest BCUT2D eigenvalue weighted by Gasteiger charge is 2.35. The van der Waals surface area contributed by atoms with Gasteiger partial charge in [-0.2, -0.15) is 0 Å². The third kappa shape index (κ3) is 3.61. The first kappa shape index (κ1) is 18.0. The van der Waals surface area contributed by atoms with Crippen LogP contribution in [0.5, 0.6) is 0 Å². The van der Waals surface area contributed by atoms with E-state index in [4.69, 9.17) is 4.74 Å². The minimum absolute atomic E-state index is 0.0591. The molecule has 1 aliphatic carbocycles. The maximum absolute atomic E-state index is 12.7. The molecular weight excluding hydrogens is 344 g/mol. The molecule has 136 valence electrons. The van der Waals surface area contributed by atoms with E-state index >= 15 is 0 Å². The van der Waals surface area contributed by atoms with Crippen molar-refractivity contribution >= 4 is 21.7 Å². The summed E-state index contributed by atoms with van der Waals surface area (Å²) in [5.74, 6) is -0.594. The van der Waals surface area contributed by atoms with E-state index in [1.54, 1.807) is 18.2 Å². The Morgan fingerprint density at radius 1 is 1.28 bits per heavy atom. The van der Waals surface area contributed by atoms with Gasteiger partial charge >= 0.3 is 0 Å². The number of hydrogen-bond donors (Lipinski definition) is 1. The molecule has 2 aliphatic rings. The van der Waals surface area contributed by atoms with Gasteiger partial charge in [0.05, 0.1) is 25.0 Å². The first-order chi connectivity index (χ1) is 11.8. The molecule has 1 aliphatic heterocycles. The summed E-state index contributed by atoms with van der Waals surface area (Å²) >= 11 is 0. The number of ether oxygens (including phenoxy) is 1. The van der Waals surface area contributed by atoms with Gasteiger partial charge in [0, 0.05) is 37.6 Å². The lowest BCUT2D eigenvalue weighted by Gasteiger charge is -2.21. The number of ketones is 1. The summed E-state index contributed by atoms with van der Waals surface area (Å²) in [7, 11) is -0.396. The third-order valence-electron chi connectivity index (χ3n) is 4.82. The quantitative estimate of drug-likeness (QED) is 0.817. The normalized spacial score (nSPS) is 23.1. The number of hydrogen-bond acceptors (Lipinski definition) is 5. The van der Waals surface area contributed by atoms with Crippen LogP contribution in [0.3, 0.4) is 0 Å². The van der Waals surface area contributed by atoms with Gasteiger partial charge in [-0.3, -0.25) is 9.59 Å². The summed E-state index contributed by atoms with van der Waals surface area (Å²) < 4.78 is 30.8. The number of sulfonamides is 1. The fraction of sp³-hybridized carbons (Fsp3) is 0.529. The van der Waals surface area contributed by atoms with Gasteiger partial charge in [-0.25, -0.2) is 12.7 Å². The first-order valence-corrected chi connectivity index (χ1v) is 9.84. The van der Waals surface area contributed by atoms with Crippen molar-refractivity contribution in [1.29, 1.82) is 0 Å². The maximum Gasteiger partial charge on any atom is 0.251 e. The highest BCUT2D eigenvalue weighted by Crippen LogP contribution is 2.26. The molecule has 1 saturated heterocycles. The Morgan fingerprint density at radius 3 is 2.76 bits per heavy atom. The summed E-state index contributed by atoms with van der Waals surface area (Å²) in [5.41, 5.74) is 1.88. The summed E-state index contributed by atoms with van der Waals surface area (Å²) in [6, 6.07) is 4.78. The molecule has 1 heterocycles. The number of carbonyl (C=O) groups excluding carboxylic acids is 2. The van der Waals surface area contributed by atoms with E-state index in [1.165, 1.54) is 18.4 Å². The van der Waals surface area contributed by atoms with E-state index in [1.807, 2.05) is 0 Å². The van der Waals surface area contributed by atoms with Crippen molar-refractivity contribution in [3.05, 3.63) is 34.9 Å². The number of nitrogens with one attached hydrogen (secondary N) is 1. The van der Waals surface area contributed by atoms with Crippen molar-refractivity contribution in [2.24, 2.45) is 5.92 Å². The minimum atomic E-state index is -3.37. The van der Waals surface area contributed by atoms with Gasteiger partial charge in [0.15, 0.2) is 5.78 Å². The van der Waals surface area contributed by atoms with Crippen LogP contribution < -0.4 is 5.32 Å². The van der Waals surface area contributed by atoms with Crippen molar-refractivity contribution in [1.82, 2.24) is 9.62 Å². The number of amides is 1. The Hall–Kier alpha value is -1.77. The Labute approximate surface area is 147 Å². The zero-order chi connectivity index (χ0) is 18.2. The standard InChI is InChI=1S/C17H22N2O5S/c1-19(2)25(22,23)10-11-8-24-9-15(11)18-17(21)14-5-3-4-13-12(14)6-7-16(13)20/h3-5,11,15H,6-10H2,1-2H3,(H,18,21)/t11-,15+/m0/s1. The highest BCUT2D eigenvalue weighted by molar-refractivity contribution is 7.89. The first-order valence-electron chi connectivity index (χ1n) is 8.23. The van der Waals surface area contributed by atoms with Gasteiger partial charge in [-0.1, -0.05) is 12.1 Å².